The Kier molecular flexibility index (Phi) is 5.03. The molecule has 1 heterocycles. The topological polar surface area (TPSA) is 81.8 Å². The van der Waals surface area contributed by atoms with Gasteiger partial charge in [0.2, 0.25) is 17.7 Å². The first-order chi connectivity index (χ1) is 11.9. The lowest BCUT2D eigenvalue weighted by Gasteiger charge is -2.32. The summed E-state index contributed by atoms with van der Waals surface area (Å²) < 4.78 is 0. The predicted octanol–water partition coefficient (Wildman–Crippen LogP) is 0.994. The number of carbonyl (C=O) groups excluding carboxylic acids is 3. The van der Waals surface area contributed by atoms with Crippen LogP contribution >= 0.6 is 0 Å². The van der Waals surface area contributed by atoms with Gasteiger partial charge in [-0.1, -0.05) is 0 Å². The Bertz CT molecular complexity index is 665. The minimum Gasteiger partial charge on any atom is -0.340 e. The molecule has 3 rings (SSSR count). The van der Waals surface area contributed by atoms with Crippen molar-refractivity contribution in [1.82, 2.24) is 9.80 Å². The summed E-state index contributed by atoms with van der Waals surface area (Å²) >= 11 is 0. The second kappa shape index (κ2) is 7.23. The number of nitrogens with one attached hydrogen (secondary N) is 2. The molecule has 25 heavy (non-hydrogen) atoms. The second-order valence-electron chi connectivity index (χ2n) is 6.83. The zero-order valence-electron chi connectivity index (χ0n) is 14.6. The highest BCUT2D eigenvalue weighted by Crippen LogP contribution is 2.41. The molecule has 0 radical (unpaired) electrons. The first-order valence-corrected chi connectivity index (χ1v) is 8.60. The third-order valence-electron chi connectivity index (χ3n) is 4.73. The maximum atomic E-state index is 12.5. The summed E-state index contributed by atoms with van der Waals surface area (Å²) in [5, 5.41) is 5.53. The zero-order chi connectivity index (χ0) is 18.0. The lowest BCUT2D eigenvalue weighted by Crippen LogP contribution is -2.48. The number of nitrogens with zero attached hydrogens (tertiary/aromatic N) is 2. The molecule has 1 aromatic carbocycles. The summed E-state index contributed by atoms with van der Waals surface area (Å²) in [7, 11) is 2.05. The summed E-state index contributed by atoms with van der Waals surface area (Å²) in [6.07, 6.45) is 0.626. The first kappa shape index (κ1) is 17.4. The maximum Gasteiger partial charge on any atom is 0.228 e. The molecule has 2 N–H and O–H groups in total. The van der Waals surface area contributed by atoms with Crippen LogP contribution in [0.1, 0.15) is 13.3 Å². The van der Waals surface area contributed by atoms with Crippen LogP contribution in [0.3, 0.4) is 0 Å². The van der Waals surface area contributed by atoms with Crippen molar-refractivity contribution in [2.45, 2.75) is 13.3 Å². The van der Waals surface area contributed by atoms with Crippen LogP contribution in [0.2, 0.25) is 0 Å². The van der Waals surface area contributed by atoms with E-state index in [1.54, 1.807) is 24.3 Å². The van der Waals surface area contributed by atoms with Crippen LogP contribution in [0.4, 0.5) is 11.4 Å². The van der Waals surface area contributed by atoms with Crippen molar-refractivity contribution in [3.63, 3.8) is 0 Å². The predicted molar refractivity (Wildman–Crippen MR) is 95.0 cm³/mol. The summed E-state index contributed by atoms with van der Waals surface area (Å²) in [4.78, 5) is 39.9. The summed E-state index contributed by atoms with van der Waals surface area (Å²) in [5.41, 5.74) is 1.34. The molecule has 2 atom stereocenters. The average molecular weight is 344 g/mol. The molecule has 134 valence electrons. The molecule has 1 saturated heterocycles. The first-order valence-electron chi connectivity index (χ1n) is 8.60. The van der Waals surface area contributed by atoms with Crippen LogP contribution in [-0.4, -0.2) is 60.7 Å². The van der Waals surface area contributed by atoms with Crippen LogP contribution in [0.15, 0.2) is 24.3 Å². The van der Waals surface area contributed by atoms with Crippen LogP contribution in [0.5, 0.6) is 0 Å². The van der Waals surface area contributed by atoms with Crippen LogP contribution in [0, 0.1) is 11.8 Å². The van der Waals surface area contributed by atoms with Crippen LogP contribution < -0.4 is 10.6 Å². The highest BCUT2D eigenvalue weighted by Gasteiger charge is 2.49. The number of hydrogen-bond acceptors (Lipinski definition) is 4. The smallest absolute Gasteiger partial charge is 0.228 e. The van der Waals surface area contributed by atoms with Crippen molar-refractivity contribution < 1.29 is 14.4 Å². The van der Waals surface area contributed by atoms with Gasteiger partial charge in [0.05, 0.1) is 11.8 Å². The molecular formula is C18H24N4O3. The summed E-state index contributed by atoms with van der Waals surface area (Å²) in [6.45, 7) is 4.70. The van der Waals surface area contributed by atoms with Crippen molar-refractivity contribution in [2.24, 2.45) is 11.8 Å². The van der Waals surface area contributed by atoms with E-state index in [1.807, 2.05) is 11.9 Å². The van der Waals surface area contributed by atoms with Gasteiger partial charge in [0.25, 0.3) is 0 Å². The molecule has 7 nitrogen and oxygen atoms in total. The molecule has 7 heteroatoms. The van der Waals surface area contributed by atoms with Gasteiger partial charge < -0.3 is 20.4 Å². The Morgan fingerprint density at radius 2 is 1.48 bits per heavy atom. The fourth-order valence-electron chi connectivity index (χ4n) is 3.09. The molecular weight excluding hydrogens is 320 g/mol. The normalized spacial score (nSPS) is 23.0. The molecule has 1 saturated carbocycles. The van der Waals surface area contributed by atoms with E-state index in [2.05, 4.69) is 15.5 Å². The molecule has 0 spiro atoms. The Labute approximate surface area is 147 Å². The van der Waals surface area contributed by atoms with Gasteiger partial charge >= 0.3 is 0 Å². The molecule has 0 bridgehead atoms. The SMILES string of the molecule is CC(=O)Nc1ccc(NC(=O)C2CC2C(=O)N2CCN(C)CC2)cc1. The molecule has 1 aliphatic heterocycles. The van der Waals surface area contributed by atoms with Crippen molar-refractivity contribution >= 4 is 29.1 Å². The molecule has 1 aliphatic carbocycles. The van der Waals surface area contributed by atoms with E-state index < -0.39 is 0 Å². The monoisotopic (exact) mass is 344 g/mol. The van der Waals surface area contributed by atoms with Gasteiger partial charge in [-0.2, -0.15) is 0 Å². The van der Waals surface area contributed by atoms with Gasteiger partial charge in [0.15, 0.2) is 0 Å². The average Bonchev–Trinajstić information content (AvgIpc) is 3.37. The Balaban J connectivity index is 1.49. The number of amides is 3. The van der Waals surface area contributed by atoms with Crippen molar-refractivity contribution in [1.29, 1.82) is 0 Å². The number of hydrogen-bond donors (Lipinski definition) is 2. The number of rotatable bonds is 4. The Morgan fingerprint density at radius 1 is 0.920 bits per heavy atom. The highest BCUT2D eigenvalue weighted by molar-refractivity contribution is 5.99. The van der Waals surface area contributed by atoms with Gasteiger partial charge in [-0.05, 0) is 37.7 Å². The van der Waals surface area contributed by atoms with E-state index in [1.165, 1.54) is 6.92 Å². The van der Waals surface area contributed by atoms with E-state index in [0.717, 1.165) is 26.2 Å². The van der Waals surface area contributed by atoms with Gasteiger partial charge in [-0.15, -0.1) is 0 Å². The van der Waals surface area contributed by atoms with Crippen LogP contribution in [0.25, 0.3) is 0 Å². The van der Waals surface area contributed by atoms with Gasteiger partial charge in [-0.25, -0.2) is 0 Å². The molecule has 1 aromatic rings. The molecule has 0 aromatic heterocycles. The lowest BCUT2D eigenvalue weighted by atomic mass is 10.2. The standard InChI is InChI=1S/C18H24N4O3/c1-12(23)19-13-3-5-14(6-4-13)20-17(24)15-11-16(15)18(25)22-9-7-21(2)8-10-22/h3-6,15-16H,7-11H2,1-2H3,(H,19,23)(H,20,24). The highest BCUT2D eigenvalue weighted by atomic mass is 16.2. The third-order valence-corrected chi connectivity index (χ3v) is 4.73. The fraction of sp³-hybridized carbons (Fsp3) is 0.500. The van der Waals surface area contributed by atoms with Gasteiger partial charge in [0.1, 0.15) is 0 Å². The van der Waals surface area contributed by atoms with Crippen molar-refractivity contribution in [3.05, 3.63) is 24.3 Å². The molecule has 2 unspecified atom stereocenters. The second-order valence-corrected chi connectivity index (χ2v) is 6.83. The van der Waals surface area contributed by atoms with Crippen molar-refractivity contribution in [2.75, 3.05) is 43.9 Å². The quantitative estimate of drug-likeness (QED) is 0.854. The van der Waals surface area contributed by atoms with E-state index >= 15 is 0 Å². The Hall–Kier alpha value is -2.41. The Morgan fingerprint density at radius 3 is 2.04 bits per heavy atom. The largest absolute Gasteiger partial charge is 0.340 e. The lowest BCUT2D eigenvalue weighted by molar-refractivity contribution is -0.135. The minimum absolute atomic E-state index is 0.106. The maximum absolute atomic E-state index is 12.5. The van der Waals surface area contributed by atoms with E-state index in [0.29, 0.717) is 17.8 Å². The van der Waals surface area contributed by atoms with Gasteiger partial charge in [-0.3, -0.25) is 14.4 Å². The molecule has 2 fully saturated rings. The van der Waals surface area contributed by atoms with E-state index in [9.17, 15) is 14.4 Å². The van der Waals surface area contributed by atoms with Gasteiger partial charge in [0, 0.05) is 44.5 Å². The summed E-state index contributed by atoms with van der Waals surface area (Å²) in [5.74, 6) is -0.557. The number of anilines is 2. The number of piperazine rings is 1. The van der Waals surface area contributed by atoms with Crippen LogP contribution in [-0.2, 0) is 14.4 Å². The minimum atomic E-state index is -0.234. The number of carbonyl (C=O) groups is 3. The molecule has 3 amide bonds. The zero-order valence-corrected chi connectivity index (χ0v) is 14.6. The molecule has 2 aliphatic rings. The third kappa shape index (κ3) is 4.36. The number of likely N-dealkylation sites (N-methyl/N-ethyl adjacent to an activating group) is 1. The summed E-state index contributed by atoms with van der Waals surface area (Å²) in [6, 6.07) is 6.94. The fourth-order valence-corrected chi connectivity index (χ4v) is 3.09. The van der Waals surface area contributed by atoms with E-state index in [-0.39, 0.29) is 29.6 Å². The number of benzene rings is 1. The van der Waals surface area contributed by atoms with E-state index in [4.69, 9.17) is 0 Å². The van der Waals surface area contributed by atoms with Crippen molar-refractivity contribution in [3.8, 4) is 0 Å².